The van der Waals surface area contributed by atoms with E-state index in [0.717, 1.165) is 26.1 Å². The number of fused-ring (bicyclic) bond motifs is 4. The third-order valence-corrected chi connectivity index (χ3v) is 7.27. The van der Waals surface area contributed by atoms with Gasteiger partial charge in [0.05, 0.1) is 23.6 Å². The first-order valence-corrected chi connectivity index (χ1v) is 10.5. The Kier molecular flexibility index (Phi) is 5.48. The maximum atomic E-state index is 6.34. The van der Waals surface area contributed by atoms with Gasteiger partial charge in [0.1, 0.15) is 0 Å². The van der Waals surface area contributed by atoms with E-state index in [1.165, 1.54) is 31.4 Å². The van der Waals surface area contributed by atoms with Crippen LogP contribution in [0.3, 0.4) is 0 Å². The standard InChI is InChI=1S/C17H31N3O2S/c1-11-6-8-21-7-2-3-12-10-23-17(18-12)16-14-9-13(22-11)4-5-15(14)19-20-16/h11-20H,2-10H2,1H3/t11-,12?,13?,14?,15?,16?,17?/m0/s1. The van der Waals surface area contributed by atoms with Crippen molar-refractivity contribution in [2.75, 3.05) is 19.0 Å². The van der Waals surface area contributed by atoms with Crippen molar-refractivity contribution in [3.63, 3.8) is 0 Å². The van der Waals surface area contributed by atoms with E-state index < -0.39 is 0 Å². The smallest absolute Gasteiger partial charge is 0.0707 e. The Morgan fingerprint density at radius 2 is 2.00 bits per heavy atom. The third-order valence-electron chi connectivity index (χ3n) is 5.89. The quantitative estimate of drug-likeness (QED) is 0.623. The zero-order valence-electron chi connectivity index (χ0n) is 14.1. The minimum absolute atomic E-state index is 0.311. The van der Waals surface area contributed by atoms with Crippen LogP contribution in [0.4, 0.5) is 0 Å². The van der Waals surface area contributed by atoms with Crippen molar-refractivity contribution in [1.29, 1.82) is 0 Å². The summed E-state index contributed by atoms with van der Waals surface area (Å²) in [5, 5.41) is 4.40. The zero-order chi connectivity index (χ0) is 15.6. The number of hydrazine groups is 1. The van der Waals surface area contributed by atoms with Gasteiger partial charge in [-0.3, -0.25) is 10.9 Å². The van der Waals surface area contributed by atoms with Crippen molar-refractivity contribution >= 4 is 11.8 Å². The predicted molar refractivity (Wildman–Crippen MR) is 93.4 cm³/mol. The molecule has 23 heavy (non-hydrogen) atoms. The predicted octanol–water partition coefficient (Wildman–Crippen LogP) is 1.64. The average Bonchev–Trinajstić information content (AvgIpc) is 3.16. The molecule has 0 amide bonds. The lowest BCUT2D eigenvalue weighted by atomic mass is 9.80. The summed E-state index contributed by atoms with van der Waals surface area (Å²) in [4.78, 5) is 0. The second kappa shape index (κ2) is 7.58. The van der Waals surface area contributed by atoms with Crippen molar-refractivity contribution in [3.8, 4) is 0 Å². The lowest BCUT2D eigenvalue weighted by Gasteiger charge is -2.35. The molecule has 6 heteroatoms. The summed E-state index contributed by atoms with van der Waals surface area (Å²) in [5.41, 5.74) is 7.17. The van der Waals surface area contributed by atoms with Crippen molar-refractivity contribution in [2.45, 2.75) is 81.2 Å². The van der Waals surface area contributed by atoms with Gasteiger partial charge in [-0.25, -0.2) is 0 Å². The minimum atomic E-state index is 0.311. The number of ether oxygens (including phenoxy) is 2. The van der Waals surface area contributed by atoms with Crippen LogP contribution in [0.25, 0.3) is 0 Å². The number of rotatable bonds is 0. The van der Waals surface area contributed by atoms with Gasteiger partial charge in [-0.15, -0.1) is 11.8 Å². The fourth-order valence-electron chi connectivity index (χ4n) is 4.58. The molecular weight excluding hydrogens is 310 g/mol. The van der Waals surface area contributed by atoms with E-state index in [1.54, 1.807) is 0 Å². The van der Waals surface area contributed by atoms with Gasteiger partial charge < -0.3 is 14.8 Å². The molecule has 0 spiro atoms. The monoisotopic (exact) mass is 341 g/mol. The molecule has 5 nitrogen and oxygen atoms in total. The van der Waals surface area contributed by atoms with E-state index >= 15 is 0 Å². The largest absolute Gasteiger partial charge is 0.381 e. The fraction of sp³-hybridized carbons (Fsp3) is 1.00. The molecule has 4 fully saturated rings. The molecule has 0 aromatic carbocycles. The summed E-state index contributed by atoms with van der Waals surface area (Å²) >= 11 is 2.10. The van der Waals surface area contributed by atoms with E-state index in [2.05, 4.69) is 34.9 Å². The van der Waals surface area contributed by atoms with Crippen molar-refractivity contribution in [3.05, 3.63) is 0 Å². The molecule has 6 unspecified atom stereocenters. The van der Waals surface area contributed by atoms with E-state index in [9.17, 15) is 0 Å². The first-order chi connectivity index (χ1) is 11.3. The van der Waals surface area contributed by atoms with Gasteiger partial charge >= 0.3 is 0 Å². The molecule has 7 atom stereocenters. The van der Waals surface area contributed by atoms with E-state index in [-0.39, 0.29) is 0 Å². The molecule has 132 valence electrons. The SMILES string of the molecule is C[C@H]1CCOCCCC2CSC(N2)C2NNC3CCC(CC32)O1. The van der Waals surface area contributed by atoms with E-state index in [0.29, 0.717) is 41.6 Å². The molecule has 0 aromatic heterocycles. The summed E-state index contributed by atoms with van der Waals surface area (Å²) in [5.74, 6) is 1.92. The molecular formula is C17H31N3O2S. The van der Waals surface area contributed by atoms with Gasteiger partial charge in [0.2, 0.25) is 0 Å². The lowest BCUT2D eigenvalue weighted by Crippen LogP contribution is -2.48. The van der Waals surface area contributed by atoms with Gasteiger partial charge in [-0.05, 0) is 51.4 Å². The lowest BCUT2D eigenvalue weighted by molar-refractivity contribution is -0.0475. The van der Waals surface area contributed by atoms with Crippen LogP contribution in [0.5, 0.6) is 0 Å². The van der Waals surface area contributed by atoms with Crippen LogP contribution < -0.4 is 16.2 Å². The molecule has 3 aliphatic heterocycles. The summed E-state index contributed by atoms with van der Waals surface area (Å²) in [6, 6.07) is 1.79. The first-order valence-electron chi connectivity index (χ1n) is 9.41. The van der Waals surface area contributed by atoms with Gasteiger partial charge in [-0.2, -0.15) is 0 Å². The highest BCUT2D eigenvalue weighted by molar-refractivity contribution is 8.00. The number of nitrogens with one attached hydrogen (secondary N) is 3. The van der Waals surface area contributed by atoms with Crippen LogP contribution in [0, 0.1) is 5.92 Å². The summed E-state index contributed by atoms with van der Waals surface area (Å²) < 4.78 is 12.1. The molecule has 3 heterocycles. The van der Waals surface area contributed by atoms with Crippen molar-refractivity contribution < 1.29 is 9.47 Å². The van der Waals surface area contributed by atoms with Crippen molar-refractivity contribution in [1.82, 2.24) is 16.2 Å². The molecule has 1 saturated carbocycles. The second-order valence-corrected chi connectivity index (χ2v) is 8.80. The Morgan fingerprint density at radius 3 is 2.96 bits per heavy atom. The Bertz CT molecular complexity index is 400. The van der Waals surface area contributed by atoms with E-state index in [1.807, 2.05) is 0 Å². The highest BCUT2D eigenvalue weighted by atomic mass is 32.2. The van der Waals surface area contributed by atoms with Crippen LogP contribution in [-0.2, 0) is 9.47 Å². The van der Waals surface area contributed by atoms with Gasteiger partial charge in [0.25, 0.3) is 0 Å². The Morgan fingerprint density at radius 1 is 1.04 bits per heavy atom. The highest BCUT2D eigenvalue weighted by Gasteiger charge is 2.45. The molecule has 4 bridgehead atoms. The van der Waals surface area contributed by atoms with Crippen LogP contribution >= 0.6 is 11.8 Å². The molecule has 4 rings (SSSR count). The molecule has 1 aliphatic carbocycles. The Hall–Kier alpha value is 0.150. The second-order valence-electron chi connectivity index (χ2n) is 7.63. The topological polar surface area (TPSA) is 54.5 Å². The highest BCUT2D eigenvalue weighted by Crippen LogP contribution is 2.37. The number of hydrogen-bond acceptors (Lipinski definition) is 6. The molecule has 3 N–H and O–H groups in total. The zero-order valence-corrected chi connectivity index (χ0v) is 14.9. The minimum Gasteiger partial charge on any atom is -0.381 e. The number of hydrogen-bond donors (Lipinski definition) is 3. The molecule has 3 saturated heterocycles. The molecule has 4 aliphatic rings. The van der Waals surface area contributed by atoms with Crippen LogP contribution in [0.15, 0.2) is 0 Å². The van der Waals surface area contributed by atoms with E-state index in [4.69, 9.17) is 9.47 Å². The van der Waals surface area contributed by atoms with Gasteiger partial charge in [0, 0.05) is 31.1 Å². The summed E-state index contributed by atoms with van der Waals surface area (Å²) in [6.07, 6.45) is 7.73. The van der Waals surface area contributed by atoms with Gasteiger partial charge in [-0.1, -0.05) is 0 Å². The summed E-state index contributed by atoms with van der Waals surface area (Å²) in [6.45, 7) is 3.92. The number of thioether (sulfide) groups is 1. The normalized spacial score (nSPS) is 48.7. The average molecular weight is 342 g/mol. The summed E-state index contributed by atoms with van der Waals surface area (Å²) in [7, 11) is 0. The van der Waals surface area contributed by atoms with Crippen molar-refractivity contribution in [2.24, 2.45) is 5.92 Å². The van der Waals surface area contributed by atoms with Crippen LogP contribution in [0.1, 0.15) is 45.4 Å². The Balaban J connectivity index is 1.45. The van der Waals surface area contributed by atoms with Crippen LogP contribution in [-0.4, -0.2) is 54.7 Å². The Labute approximate surface area is 144 Å². The molecule has 0 aromatic rings. The van der Waals surface area contributed by atoms with Crippen LogP contribution in [0.2, 0.25) is 0 Å². The van der Waals surface area contributed by atoms with Gasteiger partial charge in [0.15, 0.2) is 0 Å². The maximum absolute atomic E-state index is 6.34. The maximum Gasteiger partial charge on any atom is 0.0707 e. The fourth-order valence-corrected chi connectivity index (χ4v) is 6.05. The third kappa shape index (κ3) is 3.88. The molecule has 0 radical (unpaired) electrons. The first kappa shape index (κ1) is 16.6.